The van der Waals surface area contributed by atoms with E-state index in [0.717, 1.165) is 26.4 Å². The Morgan fingerprint density at radius 2 is 1.17 bits per heavy atom. The van der Waals surface area contributed by atoms with Crippen LogP contribution in [0.1, 0.15) is 39.4 Å². The molecule has 0 radical (unpaired) electrons. The van der Waals surface area contributed by atoms with Crippen LogP contribution in [0.3, 0.4) is 0 Å². The van der Waals surface area contributed by atoms with Gasteiger partial charge < -0.3 is 9.47 Å². The molecule has 42 heavy (non-hydrogen) atoms. The monoisotopic (exact) mass is 620 g/mol. The Morgan fingerprint density at radius 1 is 0.595 bits per heavy atom. The molecule has 5 aromatic carbocycles. The maximum Gasteiger partial charge on any atom is 0.321 e. The Bertz CT molecular complexity index is 1630. The Balaban J connectivity index is 1.52. The molecule has 5 aromatic rings. The molecule has 5 rings (SSSR count). The number of carbonyl (C=O) groups excluding carboxylic acids is 3. The lowest BCUT2D eigenvalue weighted by Gasteiger charge is -2.25. The van der Waals surface area contributed by atoms with Gasteiger partial charge in [0.2, 0.25) is 0 Å². The summed E-state index contributed by atoms with van der Waals surface area (Å²) in [4.78, 5) is 41.2. The molecule has 0 saturated carbocycles. The van der Waals surface area contributed by atoms with E-state index in [1.54, 1.807) is 18.2 Å². The van der Waals surface area contributed by atoms with Crippen molar-refractivity contribution in [2.24, 2.45) is 5.92 Å². The van der Waals surface area contributed by atoms with Crippen molar-refractivity contribution in [2.45, 2.75) is 25.6 Å². The lowest BCUT2D eigenvalue weighted by Crippen LogP contribution is -2.34. The van der Waals surface area contributed by atoms with Crippen LogP contribution in [-0.2, 0) is 32.3 Å². The van der Waals surface area contributed by atoms with Crippen LogP contribution in [0, 0.1) is 5.92 Å². The zero-order valence-electron chi connectivity index (χ0n) is 22.8. The van der Waals surface area contributed by atoms with Gasteiger partial charge in [-0.15, -0.1) is 0 Å². The third kappa shape index (κ3) is 7.39. The minimum absolute atomic E-state index is 0.00778. The summed E-state index contributed by atoms with van der Waals surface area (Å²) in [5, 5.41) is 1.94. The highest BCUT2D eigenvalue weighted by atomic mass is 79.9. The minimum atomic E-state index is -1.37. The molecular formula is C36H29BrO5. The molecule has 0 aliphatic rings. The Hall–Kier alpha value is -4.55. The van der Waals surface area contributed by atoms with Gasteiger partial charge >= 0.3 is 11.9 Å². The first-order valence-electron chi connectivity index (χ1n) is 13.7. The SMILES string of the molecule is O=C(C[C@@H](c1ccc2ccccc2c1)C(C(=O)OCc1ccccc1)C(=O)OCc1ccccc1)c1cccc(Br)c1. The Morgan fingerprint density at radius 3 is 1.76 bits per heavy atom. The summed E-state index contributed by atoms with van der Waals surface area (Å²) in [6, 6.07) is 39.1. The lowest BCUT2D eigenvalue weighted by atomic mass is 9.80. The Labute approximate surface area is 253 Å². The molecule has 0 spiro atoms. The number of benzene rings is 5. The van der Waals surface area contributed by atoms with E-state index in [1.807, 2.05) is 109 Å². The van der Waals surface area contributed by atoms with Crippen LogP contribution in [0.4, 0.5) is 0 Å². The number of halogens is 1. The van der Waals surface area contributed by atoms with Gasteiger partial charge in [0.05, 0.1) is 0 Å². The van der Waals surface area contributed by atoms with Gasteiger partial charge in [0.1, 0.15) is 13.2 Å². The van der Waals surface area contributed by atoms with E-state index in [0.29, 0.717) is 11.1 Å². The fourth-order valence-electron chi connectivity index (χ4n) is 4.91. The van der Waals surface area contributed by atoms with E-state index in [2.05, 4.69) is 15.9 Å². The molecule has 1 atom stereocenters. The van der Waals surface area contributed by atoms with E-state index < -0.39 is 23.8 Å². The second kappa shape index (κ2) is 13.9. The summed E-state index contributed by atoms with van der Waals surface area (Å²) in [6.45, 7) is -0.0156. The molecule has 0 fully saturated rings. The standard InChI is InChI=1S/C36H29BrO5/c37-31-17-9-16-30(21-31)33(38)22-32(29-19-18-27-14-7-8-15-28(27)20-29)34(35(39)41-23-25-10-3-1-4-11-25)36(40)42-24-26-12-5-2-6-13-26/h1-21,32,34H,22-24H2/t32-/m0/s1. The molecule has 210 valence electrons. The lowest BCUT2D eigenvalue weighted by molar-refractivity contribution is -0.165. The van der Waals surface area contributed by atoms with Crippen molar-refractivity contribution in [2.75, 3.05) is 0 Å². The van der Waals surface area contributed by atoms with E-state index >= 15 is 0 Å². The second-order valence-electron chi connectivity index (χ2n) is 10.0. The maximum absolute atomic E-state index is 13.8. The Kier molecular flexibility index (Phi) is 9.57. The molecule has 0 bridgehead atoms. The highest BCUT2D eigenvalue weighted by molar-refractivity contribution is 9.10. The number of hydrogen-bond acceptors (Lipinski definition) is 5. The quantitative estimate of drug-likeness (QED) is 0.0848. The van der Waals surface area contributed by atoms with Crippen LogP contribution < -0.4 is 0 Å². The number of fused-ring (bicyclic) bond motifs is 1. The largest absolute Gasteiger partial charge is 0.460 e. The fraction of sp³-hybridized carbons (Fsp3) is 0.139. The van der Waals surface area contributed by atoms with Gasteiger partial charge in [-0.05, 0) is 39.6 Å². The van der Waals surface area contributed by atoms with Gasteiger partial charge in [-0.25, -0.2) is 0 Å². The first-order valence-corrected chi connectivity index (χ1v) is 14.5. The topological polar surface area (TPSA) is 69.7 Å². The van der Waals surface area contributed by atoms with Crippen molar-refractivity contribution in [3.05, 3.63) is 154 Å². The number of carbonyl (C=O) groups is 3. The van der Waals surface area contributed by atoms with E-state index in [4.69, 9.17) is 9.47 Å². The molecule has 5 nitrogen and oxygen atoms in total. The number of hydrogen-bond donors (Lipinski definition) is 0. The summed E-state index contributed by atoms with van der Waals surface area (Å²) in [7, 11) is 0. The number of rotatable bonds is 11. The van der Waals surface area contributed by atoms with Gasteiger partial charge in [0, 0.05) is 22.4 Å². The summed E-state index contributed by atoms with van der Waals surface area (Å²) in [5.41, 5.74) is 2.73. The predicted octanol–water partition coefficient (Wildman–Crippen LogP) is 8.06. The van der Waals surface area contributed by atoms with Crippen LogP contribution in [0.25, 0.3) is 10.8 Å². The van der Waals surface area contributed by atoms with E-state index in [9.17, 15) is 14.4 Å². The summed E-state index contributed by atoms with van der Waals surface area (Å²) < 4.78 is 12.2. The molecule has 0 aliphatic heterocycles. The van der Waals surface area contributed by atoms with Crippen LogP contribution in [-0.4, -0.2) is 17.7 Å². The number of Topliss-reactive ketones (excluding diaryl/α,β-unsaturated/α-hetero) is 1. The van der Waals surface area contributed by atoms with Gasteiger partial charge in [-0.2, -0.15) is 0 Å². The minimum Gasteiger partial charge on any atom is -0.460 e. The fourth-order valence-corrected chi connectivity index (χ4v) is 5.31. The van der Waals surface area contributed by atoms with Crippen molar-refractivity contribution >= 4 is 44.4 Å². The average Bonchev–Trinajstić information content (AvgIpc) is 3.03. The van der Waals surface area contributed by atoms with Crippen molar-refractivity contribution in [1.82, 2.24) is 0 Å². The molecule has 0 amide bonds. The van der Waals surface area contributed by atoms with Crippen molar-refractivity contribution in [3.63, 3.8) is 0 Å². The molecule has 0 aliphatic carbocycles. The summed E-state index contributed by atoms with van der Waals surface area (Å²) >= 11 is 3.43. The summed E-state index contributed by atoms with van der Waals surface area (Å²) in [5.74, 6) is -3.87. The summed E-state index contributed by atoms with van der Waals surface area (Å²) in [6.07, 6.45) is -0.0969. The van der Waals surface area contributed by atoms with Crippen molar-refractivity contribution in [3.8, 4) is 0 Å². The molecule has 0 aromatic heterocycles. The second-order valence-corrected chi connectivity index (χ2v) is 10.9. The van der Waals surface area contributed by atoms with Crippen molar-refractivity contribution < 1.29 is 23.9 Å². The number of esters is 2. The van der Waals surface area contributed by atoms with Crippen LogP contribution in [0.5, 0.6) is 0 Å². The average molecular weight is 622 g/mol. The molecule has 0 heterocycles. The zero-order valence-corrected chi connectivity index (χ0v) is 24.4. The first kappa shape index (κ1) is 29.0. The van der Waals surface area contributed by atoms with Gasteiger partial charge in [-0.1, -0.05) is 131 Å². The van der Waals surface area contributed by atoms with Gasteiger partial charge in [-0.3, -0.25) is 14.4 Å². The van der Waals surface area contributed by atoms with Crippen molar-refractivity contribution in [1.29, 1.82) is 0 Å². The van der Waals surface area contributed by atoms with Crippen LogP contribution in [0.2, 0.25) is 0 Å². The highest BCUT2D eigenvalue weighted by Gasteiger charge is 2.40. The highest BCUT2D eigenvalue weighted by Crippen LogP contribution is 2.34. The number of ketones is 1. The smallest absolute Gasteiger partial charge is 0.321 e. The number of ether oxygens (including phenoxy) is 2. The van der Waals surface area contributed by atoms with Gasteiger partial charge in [0.15, 0.2) is 11.7 Å². The maximum atomic E-state index is 13.8. The predicted molar refractivity (Wildman–Crippen MR) is 166 cm³/mol. The zero-order chi connectivity index (χ0) is 29.3. The molecular weight excluding hydrogens is 592 g/mol. The van der Waals surface area contributed by atoms with Crippen LogP contribution >= 0.6 is 15.9 Å². The molecule has 0 N–H and O–H groups in total. The van der Waals surface area contributed by atoms with E-state index in [1.165, 1.54) is 0 Å². The van der Waals surface area contributed by atoms with E-state index in [-0.39, 0.29) is 25.4 Å². The molecule has 6 heteroatoms. The van der Waals surface area contributed by atoms with Crippen LogP contribution in [0.15, 0.2) is 132 Å². The first-order chi connectivity index (χ1) is 20.5. The van der Waals surface area contributed by atoms with Gasteiger partial charge in [0.25, 0.3) is 0 Å². The third-order valence-electron chi connectivity index (χ3n) is 7.11. The molecule has 0 saturated heterocycles. The normalized spacial score (nSPS) is 11.7. The third-order valence-corrected chi connectivity index (χ3v) is 7.60. The molecule has 0 unspecified atom stereocenters.